The number of anilines is 1. The molecule has 1 fully saturated rings. The Morgan fingerprint density at radius 1 is 1.19 bits per heavy atom. The van der Waals surface area contributed by atoms with Gasteiger partial charge in [0.2, 0.25) is 5.91 Å². The Hall–Kier alpha value is -4.37. The van der Waals surface area contributed by atoms with E-state index in [1.807, 2.05) is 83.3 Å². The monoisotopic (exact) mass is 498 g/mol. The van der Waals surface area contributed by atoms with Gasteiger partial charge in [0.15, 0.2) is 5.82 Å². The van der Waals surface area contributed by atoms with E-state index in [1.165, 1.54) is 0 Å². The number of hydrogen-bond donors (Lipinski definition) is 3. The van der Waals surface area contributed by atoms with Gasteiger partial charge in [0.1, 0.15) is 17.0 Å². The van der Waals surface area contributed by atoms with Gasteiger partial charge in [0.25, 0.3) is 5.56 Å². The van der Waals surface area contributed by atoms with Gasteiger partial charge < -0.3 is 25.3 Å². The van der Waals surface area contributed by atoms with Gasteiger partial charge in [0, 0.05) is 36.8 Å². The third kappa shape index (κ3) is 5.12. The lowest BCUT2D eigenvalue weighted by Crippen LogP contribution is -2.40. The summed E-state index contributed by atoms with van der Waals surface area (Å²) in [5.74, 6) is 1.69. The van der Waals surface area contributed by atoms with Gasteiger partial charge in [-0.3, -0.25) is 9.59 Å². The number of benzene rings is 2. The molecule has 37 heavy (non-hydrogen) atoms. The van der Waals surface area contributed by atoms with E-state index < -0.39 is 0 Å². The number of nitrogens with zero attached hydrogens (tertiary/aromatic N) is 3. The zero-order valence-corrected chi connectivity index (χ0v) is 20.7. The van der Waals surface area contributed by atoms with Crippen LogP contribution in [-0.2, 0) is 4.79 Å². The highest BCUT2D eigenvalue weighted by Gasteiger charge is 2.28. The summed E-state index contributed by atoms with van der Waals surface area (Å²) in [6, 6.07) is 19.1. The van der Waals surface area contributed by atoms with Crippen LogP contribution in [0.15, 0.2) is 77.6 Å². The Balaban J connectivity index is 1.52. The van der Waals surface area contributed by atoms with Gasteiger partial charge in [-0.2, -0.15) is 5.10 Å². The highest BCUT2D eigenvalue weighted by molar-refractivity contribution is 5.93. The number of ether oxygens (including phenoxy) is 1. The summed E-state index contributed by atoms with van der Waals surface area (Å²) in [4.78, 5) is 27.6. The van der Waals surface area contributed by atoms with Gasteiger partial charge in [-0.15, -0.1) is 0 Å². The molecule has 1 atom stereocenters. The summed E-state index contributed by atoms with van der Waals surface area (Å²) < 4.78 is 7.97. The fourth-order valence-electron chi connectivity index (χ4n) is 4.84. The molecular weight excluding hydrogens is 468 g/mol. The second-order valence-corrected chi connectivity index (χ2v) is 9.08. The maximum absolute atomic E-state index is 13.0. The molecule has 2 aromatic heterocycles. The van der Waals surface area contributed by atoms with Crippen LogP contribution in [0.5, 0.6) is 11.5 Å². The molecule has 0 unspecified atom stereocenters. The molecule has 9 heteroatoms. The standard InChI is InChI=1S/C28H30N6O3/c1-30-15-5-10-25(35)33-16-6-7-20(18-33)34-24(17-23-26(34)28(36)32-31-27(23)29)19-11-13-22(14-12-19)37-21-8-3-2-4-9-21/h2-5,8-14,17,20,30H,6-7,15-16,18H2,1H3,(H2,29,31)(H,32,36)/b10-5+/t20-/m1/s1. The van der Waals surface area contributed by atoms with E-state index in [4.69, 9.17) is 10.5 Å². The van der Waals surface area contributed by atoms with E-state index in [9.17, 15) is 9.59 Å². The SMILES string of the molecule is CNC/C=C/C(=O)N1CCC[C@@H](n2c(-c3ccc(Oc4ccccc4)cc3)cc3c(N)n[nH]c(=O)c32)C1. The lowest BCUT2D eigenvalue weighted by atomic mass is 10.0. The number of H-pyrrole nitrogens is 1. The Kier molecular flexibility index (Phi) is 7.04. The van der Waals surface area contributed by atoms with Crippen LogP contribution in [0, 0.1) is 0 Å². The number of likely N-dealkylation sites (N-methyl/N-ethyl adjacent to an activating group) is 1. The molecule has 3 heterocycles. The number of aromatic amines is 1. The molecule has 1 aliphatic rings. The normalized spacial score (nSPS) is 15.9. The van der Waals surface area contributed by atoms with Crippen LogP contribution in [0.2, 0.25) is 0 Å². The van der Waals surface area contributed by atoms with Gasteiger partial charge in [-0.1, -0.05) is 24.3 Å². The quantitative estimate of drug-likeness (QED) is 0.334. The molecule has 2 aromatic carbocycles. The molecule has 0 radical (unpaired) electrons. The van der Waals surface area contributed by atoms with Crippen molar-refractivity contribution in [2.24, 2.45) is 0 Å². The fourth-order valence-corrected chi connectivity index (χ4v) is 4.84. The van der Waals surface area contributed by atoms with Crippen LogP contribution in [0.25, 0.3) is 22.2 Å². The Labute approximate surface area is 214 Å². The minimum Gasteiger partial charge on any atom is -0.457 e. The third-order valence-corrected chi connectivity index (χ3v) is 6.59. The topological polar surface area (TPSA) is 118 Å². The number of rotatable bonds is 7. The second kappa shape index (κ2) is 10.7. The third-order valence-electron chi connectivity index (χ3n) is 6.59. The molecule has 1 saturated heterocycles. The number of likely N-dealkylation sites (tertiary alicyclic amines) is 1. The molecule has 190 valence electrons. The van der Waals surface area contributed by atoms with Crippen molar-refractivity contribution in [3.05, 3.63) is 83.2 Å². The minimum absolute atomic E-state index is 0.0320. The van der Waals surface area contributed by atoms with Crippen molar-refractivity contribution in [2.45, 2.75) is 18.9 Å². The van der Waals surface area contributed by atoms with Crippen molar-refractivity contribution < 1.29 is 9.53 Å². The van der Waals surface area contributed by atoms with Crippen LogP contribution in [-0.4, -0.2) is 52.3 Å². The van der Waals surface area contributed by atoms with Crippen molar-refractivity contribution in [1.29, 1.82) is 0 Å². The zero-order chi connectivity index (χ0) is 25.8. The average molecular weight is 499 g/mol. The average Bonchev–Trinajstić information content (AvgIpc) is 3.34. The van der Waals surface area contributed by atoms with Gasteiger partial charge in [-0.05, 0) is 67.9 Å². The maximum atomic E-state index is 13.0. The summed E-state index contributed by atoms with van der Waals surface area (Å²) in [5, 5.41) is 10.1. The minimum atomic E-state index is -0.308. The number of para-hydroxylation sites is 1. The number of amides is 1. The van der Waals surface area contributed by atoms with E-state index in [-0.39, 0.29) is 23.3 Å². The number of piperidine rings is 1. The first-order valence-corrected chi connectivity index (χ1v) is 12.4. The summed E-state index contributed by atoms with van der Waals surface area (Å²) in [7, 11) is 1.84. The van der Waals surface area contributed by atoms with Crippen LogP contribution in [0.1, 0.15) is 18.9 Å². The van der Waals surface area contributed by atoms with Crippen molar-refractivity contribution in [1.82, 2.24) is 25.0 Å². The van der Waals surface area contributed by atoms with E-state index >= 15 is 0 Å². The van der Waals surface area contributed by atoms with Gasteiger partial charge >= 0.3 is 0 Å². The molecular formula is C28H30N6O3. The number of hydrogen-bond acceptors (Lipinski definition) is 6. The molecule has 1 aliphatic heterocycles. The molecule has 0 saturated carbocycles. The molecule has 0 aliphatic carbocycles. The van der Waals surface area contributed by atoms with E-state index in [1.54, 1.807) is 6.08 Å². The first-order chi connectivity index (χ1) is 18.0. The lowest BCUT2D eigenvalue weighted by molar-refractivity contribution is -0.127. The molecule has 4 aromatic rings. The van der Waals surface area contributed by atoms with Gasteiger partial charge in [-0.25, -0.2) is 5.10 Å². The Morgan fingerprint density at radius 3 is 2.70 bits per heavy atom. The number of carbonyl (C=O) groups excluding carboxylic acids is 1. The van der Waals surface area contributed by atoms with E-state index in [0.717, 1.165) is 29.8 Å². The van der Waals surface area contributed by atoms with E-state index in [0.29, 0.717) is 36.3 Å². The predicted octanol–water partition coefficient (Wildman–Crippen LogP) is 3.71. The highest BCUT2D eigenvalue weighted by Crippen LogP contribution is 2.36. The van der Waals surface area contributed by atoms with Crippen LogP contribution in [0.4, 0.5) is 5.82 Å². The lowest BCUT2D eigenvalue weighted by Gasteiger charge is -2.34. The number of fused-ring (bicyclic) bond motifs is 1. The molecule has 5 rings (SSSR count). The molecule has 0 spiro atoms. The molecule has 1 amide bonds. The molecule has 4 N–H and O–H groups in total. The van der Waals surface area contributed by atoms with E-state index in [2.05, 4.69) is 15.5 Å². The Bertz CT molecular complexity index is 1470. The summed E-state index contributed by atoms with van der Waals surface area (Å²) >= 11 is 0. The number of nitrogen functional groups attached to an aromatic ring is 1. The Morgan fingerprint density at radius 2 is 1.95 bits per heavy atom. The smallest absolute Gasteiger partial charge is 0.288 e. The van der Waals surface area contributed by atoms with Crippen LogP contribution >= 0.6 is 0 Å². The maximum Gasteiger partial charge on any atom is 0.288 e. The van der Waals surface area contributed by atoms with Crippen molar-refractivity contribution in [3.8, 4) is 22.8 Å². The van der Waals surface area contributed by atoms with Crippen LogP contribution < -0.4 is 21.3 Å². The van der Waals surface area contributed by atoms with Gasteiger partial charge in [0.05, 0.1) is 6.04 Å². The summed E-state index contributed by atoms with van der Waals surface area (Å²) in [6.45, 7) is 1.80. The zero-order valence-electron chi connectivity index (χ0n) is 20.7. The number of carbonyl (C=O) groups is 1. The van der Waals surface area contributed by atoms with Crippen molar-refractivity contribution in [2.75, 3.05) is 32.4 Å². The first kappa shape index (κ1) is 24.3. The predicted molar refractivity (Wildman–Crippen MR) is 145 cm³/mol. The fraction of sp³-hybridized carbons (Fsp3) is 0.250. The molecule has 0 bridgehead atoms. The van der Waals surface area contributed by atoms with Crippen molar-refractivity contribution in [3.63, 3.8) is 0 Å². The highest BCUT2D eigenvalue weighted by atomic mass is 16.5. The number of nitrogens with two attached hydrogens (primary N) is 1. The second-order valence-electron chi connectivity index (χ2n) is 9.08. The summed E-state index contributed by atoms with van der Waals surface area (Å²) in [6.07, 6.45) is 5.09. The van der Waals surface area contributed by atoms with Crippen LogP contribution in [0.3, 0.4) is 0 Å². The molecule has 9 nitrogen and oxygen atoms in total. The van der Waals surface area contributed by atoms with Crippen molar-refractivity contribution >= 4 is 22.6 Å². The first-order valence-electron chi connectivity index (χ1n) is 12.4. The summed E-state index contributed by atoms with van der Waals surface area (Å²) in [5.41, 5.74) is 8.09. The number of nitrogens with one attached hydrogen (secondary N) is 2. The number of aromatic nitrogens is 3. The largest absolute Gasteiger partial charge is 0.457 e.